The molecule has 17 heavy (non-hydrogen) atoms. The first kappa shape index (κ1) is 12.4. The largest absolute Gasteiger partial charge is 0.493 e. The van der Waals surface area contributed by atoms with E-state index < -0.39 is 0 Å². The van der Waals surface area contributed by atoms with Crippen molar-refractivity contribution in [3.05, 3.63) is 28.8 Å². The van der Waals surface area contributed by atoms with E-state index in [1.165, 1.54) is 29.5 Å². The van der Waals surface area contributed by atoms with Gasteiger partial charge in [0.15, 0.2) is 0 Å². The molecule has 0 saturated heterocycles. The highest BCUT2D eigenvalue weighted by atomic mass is 16.5. The average Bonchev–Trinajstić information content (AvgIpc) is 2.69. The third-order valence-electron chi connectivity index (χ3n) is 4.08. The van der Waals surface area contributed by atoms with Crippen LogP contribution in [0.3, 0.4) is 0 Å². The van der Waals surface area contributed by atoms with Gasteiger partial charge in [-0.3, -0.25) is 0 Å². The van der Waals surface area contributed by atoms with Crippen LogP contribution >= 0.6 is 0 Å². The lowest BCUT2D eigenvalue weighted by atomic mass is 10.0. The summed E-state index contributed by atoms with van der Waals surface area (Å²) in [7, 11) is 0. The molecule has 2 atom stereocenters. The Kier molecular flexibility index (Phi) is 3.72. The van der Waals surface area contributed by atoms with Crippen molar-refractivity contribution in [3.63, 3.8) is 0 Å². The van der Waals surface area contributed by atoms with E-state index in [4.69, 9.17) is 10.5 Å². The summed E-state index contributed by atoms with van der Waals surface area (Å²) in [4.78, 5) is 0. The van der Waals surface area contributed by atoms with Gasteiger partial charge >= 0.3 is 0 Å². The summed E-state index contributed by atoms with van der Waals surface area (Å²) in [6, 6.07) is 4.59. The Morgan fingerprint density at radius 3 is 2.35 bits per heavy atom. The number of rotatable bonds is 3. The smallest absolute Gasteiger partial charge is 0.119 e. The van der Waals surface area contributed by atoms with Crippen LogP contribution in [0.4, 0.5) is 0 Å². The van der Waals surface area contributed by atoms with Crippen molar-refractivity contribution >= 4 is 0 Å². The molecule has 2 N–H and O–H groups in total. The van der Waals surface area contributed by atoms with E-state index in [1.807, 2.05) is 0 Å². The Bertz CT molecular complexity index is 377. The normalized spacial score (nSPS) is 24.0. The second-order valence-corrected chi connectivity index (χ2v) is 5.35. The van der Waals surface area contributed by atoms with Crippen LogP contribution in [-0.2, 0) is 0 Å². The molecule has 0 aromatic heterocycles. The van der Waals surface area contributed by atoms with Crippen LogP contribution in [0.25, 0.3) is 0 Å². The van der Waals surface area contributed by atoms with Gasteiger partial charge in [0.2, 0.25) is 0 Å². The first-order chi connectivity index (χ1) is 8.08. The van der Waals surface area contributed by atoms with Crippen LogP contribution in [0.5, 0.6) is 5.75 Å². The van der Waals surface area contributed by atoms with Crippen molar-refractivity contribution < 1.29 is 4.74 Å². The topological polar surface area (TPSA) is 35.2 Å². The summed E-state index contributed by atoms with van der Waals surface area (Å²) >= 11 is 0. The average molecular weight is 233 g/mol. The summed E-state index contributed by atoms with van der Waals surface area (Å²) in [6.07, 6.45) is 3.62. The first-order valence-corrected chi connectivity index (χ1v) is 6.54. The Hall–Kier alpha value is -1.02. The van der Waals surface area contributed by atoms with Crippen LogP contribution in [0.2, 0.25) is 0 Å². The van der Waals surface area contributed by atoms with Gasteiger partial charge < -0.3 is 10.5 Å². The summed E-state index contributed by atoms with van der Waals surface area (Å²) in [5, 5.41) is 0. The predicted octanol–water partition coefficient (Wildman–Crippen LogP) is 3.12. The standard InChI is InChI=1S/C15H23NO/c1-10-7-14(8-11(2)12(10)3)17-9-13-5-4-6-15(13)16/h7-8,13,15H,4-6,9,16H2,1-3H3/t13-,15+/m1/s1. The zero-order valence-corrected chi connectivity index (χ0v) is 11.1. The molecular formula is C15H23NO. The van der Waals surface area contributed by atoms with E-state index in [1.54, 1.807) is 0 Å². The van der Waals surface area contributed by atoms with E-state index in [0.717, 1.165) is 18.8 Å². The molecular weight excluding hydrogens is 210 g/mol. The van der Waals surface area contributed by atoms with Crippen molar-refractivity contribution in [3.8, 4) is 5.75 Å². The lowest BCUT2D eigenvalue weighted by molar-refractivity contribution is 0.239. The summed E-state index contributed by atoms with van der Waals surface area (Å²) in [5.41, 5.74) is 10.0. The van der Waals surface area contributed by atoms with Gasteiger partial charge in [0, 0.05) is 12.0 Å². The number of hydrogen-bond donors (Lipinski definition) is 1. The highest BCUT2D eigenvalue weighted by Gasteiger charge is 2.24. The summed E-state index contributed by atoms with van der Waals surface area (Å²) < 4.78 is 5.90. The van der Waals surface area contributed by atoms with Crippen LogP contribution in [-0.4, -0.2) is 12.6 Å². The van der Waals surface area contributed by atoms with Gasteiger partial charge in [-0.2, -0.15) is 0 Å². The van der Waals surface area contributed by atoms with E-state index in [0.29, 0.717) is 12.0 Å². The molecule has 0 radical (unpaired) electrons. The fraction of sp³-hybridized carbons (Fsp3) is 0.600. The van der Waals surface area contributed by atoms with E-state index >= 15 is 0 Å². The lowest BCUT2D eigenvalue weighted by Crippen LogP contribution is -2.28. The maximum Gasteiger partial charge on any atom is 0.119 e. The molecule has 1 fully saturated rings. The molecule has 0 bridgehead atoms. The molecule has 1 aromatic rings. The molecule has 0 amide bonds. The quantitative estimate of drug-likeness (QED) is 0.870. The molecule has 0 heterocycles. The minimum atomic E-state index is 0.336. The maximum atomic E-state index is 6.05. The van der Waals surface area contributed by atoms with Gasteiger partial charge in [-0.25, -0.2) is 0 Å². The SMILES string of the molecule is Cc1cc(OC[C@H]2CCC[C@@H]2N)cc(C)c1C. The Morgan fingerprint density at radius 1 is 1.18 bits per heavy atom. The van der Waals surface area contributed by atoms with E-state index in [2.05, 4.69) is 32.9 Å². The molecule has 2 heteroatoms. The summed E-state index contributed by atoms with van der Waals surface area (Å²) in [6.45, 7) is 7.19. The molecule has 2 nitrogen and oxygen atoms in total. The molecule has 0 aliphatic heterocycles. The molecule has 2 rings (SSSR count). The monoisotopic (exact) mass is 233 g/mol. The summed E-state index contributed by atoms with van der Waals surface area (Å²) in [5.74, 6) is 1.53. The lowest BCUT2D eigenvalue weighted by Gasteiger charge is -2.17. The number of benzene rings is 1. The highest BCUT2D eigenvalue weighted by Crippen LogP contribution is 2.26. The Balaban J connectivity index is 1.99. The number of nitrogens with two attached hydrogens (primary N) is 1. The third kappa shape index (κ3) is 2.81. The van der Waals surface area contributed by atoms with Crippen LogP contribution in [0, 0.1) is 26.7 Å². The minimum absolute atomic E-state index is 0.336. The Labute approximate surface area is 104 Å². The molecule has 1 aliphatic rings. The van der Waals surface area contributed by atoms with Gasteiger partial charge in [0.1, 0.15) is 5.75 Å². The van der Waals surface area contributed by atoms with Crippen molar-refractivity contribution in [2.75, 3.05) is 6.61 Å². The zero-order chi connectivity index (χ0) is 12.4. The molecule has 1 aromatic carbocycles. The first-order valence-electron chi connectivity index (χ1n) is 6.54. The van der Waals surface area contributed by atoms with Crippen molar-refractivity contribution in [1.82, 2.24) is 0 Å². The fourth-order valence-electron chi connectivity index (χ4n) is 2.56. The number of aryl methyl sites for hydroxylation is 2. The van der Waals surface area contributed by atoms with E-state index in [-0.39, 0.29) is 0 Å². The molecule has 1 aliphatic carbocycles. The number of hydrogen-bond acceptors (Lipinski definition) is 2. The predicted molar refractivity (Wildman–Crippen MR) is 71.5 cm³/mol. The second-order valence-electron chi connectivity index (χ2n) is 5.35. The van der Waals surface area contributed by atoms with Crippen LogP contribution in [0.15, 0.2) is 12.1 Å². The number of ether oxygens (including phenoxy) is 1. The molecule has 0 spiro atoms. The van der Waals surface area contributed by atoms with Crippen molar-refractivity contribution in [2.24, 2.45) is 11.7 Å². The van der Waals surface area contributed by atoms with Gasteiger partial charge in [-0.15, -0.1) is 0 Å². The highest BCUT2D eigenvalue weighted by molar-refractivity contribution is 5.40. The Morgan fingerprint density at radius 2 is 1.82 bits per heavy atom. The zero-order valence-electron chi connectivity index (χ0n) is 11.1. The van der Waals surface area contributed by atoms with Crippen molar-refractivity contribution in [1.29, 1.82) is 0 Å². The van der Waals surface area contributed by atoms with Gasteiger partial charge in [0.25, 0.3) is 0 Å². The fourth-order valence-corrected chi connectivity index (χ4v) is 2.56. The van der Waals surface area contributed by atoms with E-state index in [9.17, 15) is 0 Å². The molecule has 0 unspecified atom stereocenters. The minimum Gasteiger partial charge on any atom is -0.493 e. The van der Waals surface area contributed by atoms with Gasteiger partial charge in [0.05, 0.1) is 6.61 Å². The third-order valence-corrected chi connectivity index (χ3v) is 4.08. The van der Waals surface area contributed by atoms with Crippen molar-refractivity contribution in [2.45, 2.75) is 46.1 Å². The molecule has 94 valence electrons. The maximum absolute atomic E-state index is 6.05. The van der Waals surface area contributed by atoms with Gasteiger partial charge in [-0.1, -0.05) is 6.42 Å². The van der Waals surface area contributed by atoms with Crippen LogP contribution < -0.4 is 10.5 Å². The van der Waals surface area contributed by atoms with Crippen LogP contribution in [0.1, 0.15) is 36.0 Å². The van der Waals surface area contributed by atoms with Gasteiger partial charge in [-0.05, 0) is 62.4 Å². The second kappa shape index (κ2) is 5.09. The molecule has 1 saturated carbocycles.